The summed E-state index contributed by atoms with van der Waals surface area (Å²) in [6.07, 6.45) is 5.43. The van der Waals surface area contributed by atoms with E-state index in [0.29, 0.717) is 39.7 Å². The maximum atomic E-state index is 13.2. The van der Waals surface area contributed by atoms with Crippen LogP contribution < -0.4 is 40.2 Å². The normalized spacial score (nSPS) is 15.7. The summed E-state index contributed by atoms with van der Waals surface area (Å²) >= 11 is 0. The molecule has 9 rings (SSSR count). The van der Waals surface area contributed by atoms with Gasteiger partial charge in [0.25, 0.3) is 29.3 Å². The molecule has 8 bridgehead atoms. The summed E-state index contributed by atoms with van der Waals surface area (Å²) < 4.78 is 22.9. The van der Waals surface area contributed by atoms with E-state index < -0.39 is 22.4 Å². The number of carbonyl (C=O) groups is 4. The molecule has 0 saturated carbocycles. The number of non-ortho nitro benzene ring substituents is 1. The van der Waals surface area contributed by atoms with Gasteiger partial charge in [0.1, 0.15) is 49.4 Å². The number of hydrogen-bond donors (Lipinski definition) is 4. The van der Waals surface area contributed by atoms with Gasteiger partial charge >= 0.3 is 0 Å². The third kappa shape index (κ3) is 10.6. The Morgan fingerprint density at radius 1 is 0.500 bits per heavy atom. The molecule has 0 spiro atoms. The smallest absolute Gasteiger partial charge is 0.271 e. The van der Waals surface area contributed by atoms with Crippen molar-refractivity contribution in [3.63, 3.8) is 0 Å². The van der Waals surface area contributed by atoms with E-state index in [1.807, 2.05) is 12.2 Å². The Morgan fingerprint density at radius 3 is 1.12 bits per heavy atom. The molecule has 0 fully saturated rings. The zero-order valence-corrected chi connectivity index (χ0v) is 30.0. The van der Waals surface area contributed by atoms with Crippen LogP contribution in [0.25, 0.3) is 5.57 Å². The molecule has 0 atom stereocenters. The molecule has 15 nitrogen and oxygen atoms in total. The van der Waals surface area contributed by atoms with Crippen molar-refractivity contribution >= 4 is 34.9 Å². The molecule has 4 aliphatic heterocycles. The molecular weight excluding hydrogens is 722 g/mol. The highest BCUT2D eigenvalue weighted by molar-refractivity contribution is 6.02. The molecule has 5 aliphatic rings. The highest BCUT2D eigenvalue weighted by Gasteiger charge is 2.19. The zero-order valence-electron chi connectivity index (χ0n) is 30.0. The topological polar surface area (TPSA) is 196 Å². The summed E-state index contributed by atoms with van der Waals surface area (Å²) in [4.78, 5) is 63.0. The molecule has 286 valence electrons. The lowest BCUT2D eigenvalue weighted by atomic mass is 9.99. The Balaban J connectivity index is 1.13. The summed E-state index contributed by atoms with van der Waals surface area (Å²) in [5, 5.41) is 22.5. The maximum Gasteiger partial charge on any atom is 0.271 e. The van der Waals surface area contributed by atoms with Crippen molar-refractivity contribution in [2.24, 2.45) is 0 Å². The fourth-order valence-corrected chi connectivity index (χ4v) is 5.54. The molecule has 0 saturated heterocycles. The third-order valence-electron chi connectivity index (χ3n) is 8.29. The number of rotatable bonds is 2. The Labute approximate surface area is 321 Å². The van der Waals surface area contributed by atoms with Crippen LogP contribution in [0.4, 0.5) is 5.69 Å². The first kappa shape index (κ1) is 38.3. The number of nitro groups is 1. The monoisotopic (exact) mass is 759 g/mol. The van der Waals surface area contributed by atoms with Gasteiger partial charge in [-0.2, -0.15) is 0 Å². The molecule has 0 unspecified atom stereocenters. The van der Waals surface area contributed by atoms with E-state index in [1.54, 1.807) is 66.7 Å². The quantitative estimate of drug-likeness (QED) is 0.130. The molecule has 4 aromatic carbocycles. The van der Waals surface area contributed by atoms with Gasteiger partial charge in [0, 0.05) is 40.0 Å². The van der Waals surface area contributed by atoms with Crippen LogP contribution in [0.5, 0.6) is 23.0 Å². The van der Waals surface area contributed by atoms with E-state index in [0.717, 1.165) is 17.7 Å². The Hall–Kier alpha value is -7.38. The van der Waals surface area contributed by atoms with E-state index in [-0.39, 0.29) is 75.5 Å². The van der Waals surface area contributed by atoms with Crippen LogP contribution in [0.3, 0.4) is 0 Å². The Morgan fingerprint density at radius 2 is 0.821 bits per heavy atom. The van der Waals surface area contributed by atoms with Gasteiger partial charge in [0.15, 0.2) is 0 Å². The Bertz CT molecular complexity index is 2090. The predicted molar refractivity (Wildman–Crippen MR) is 204 cm³/mol. The van der Waals surface area contributed by atoms with Crippen molar-refractivity contribution in [1.82, 2.24) is 21.3 Å². The first-order chi connectivity index (χ1) is 27.2. The van der Waals surface area contributed by atoms with Crippen LogP contribution in [-0.4, -0.2) is 81.2 Å². The molecule has 4 heterocycles. The number of nitrogens with one attached hydrogen (secondary N) is 4. The number of hydrogen-bond acceptors (Lipinski definition) is 10. The van der Waals surface area contributed by atoms with Gasteiger partial charge in [-0.25, -0.2) is 0 Å². The molecule has 0 aromatic heterocycles. The van der Waals surface area contributed by atoms with Crippen LogP contribution in [0.15, 0.2) is 109 Å². The van der Waals surface area contributed by atoms with E-state index in [1.165, 1.54) is 12.1 Å². The number of nitro benzene ring substituents is 1. The van der Waals surface area contributed by atoms with Gasteiger partial charge in [-0.15, -0.1) is 5.73 Å². The van der Waals surface area contributed by atoms with Gasteiger partial charge in [0.05, 0.1) is 31.1 Å². The first-order valence-electron chi connectivity index (χ1n) is 17.6. The minimum atomic E-state index is -0.678. The summed E-state index contributed by atoms with van der Waals surface area (Å²) in [6, 6.07) is 21.9. The second-order valence-electron chi connectivity index (χ2n) is 12.3. The second-order valence-corrected chi connectivity index (χ2v) is 12.3. The average Bonchev–Trinajstić information content (AvgIpc) is 3.77. The fourth-order valence-electron chi connectivity index (χ4n) is 5.54. The molecule has 4 N–H and O–H groups in total. The molecule has 1 aliphatic carbocycles. The summed E-state index contributed by atoms with van der Waals surface area (Å²) in [7, 11) is 0. The van der Waals surface area contributed by atoms with Gasteiger partial charge < -0.3 is 40.2 Å². The van der Waals surface area contributed by atoms with Gasteiger partial charge in [-0.3, -0.25) is 29.3 Å². The minimum Gasteiger partial charge on any atom is -0.492 e. The second kappa shape index (κ2) is 18.6. The number of benzene rings is 4. The first-order valence-corrected chi connectivity index (χ1v) is 17.6. The predicted octanol–water partition coefficient (Wildman–Crippen LogP) is 4.25. The highest BCUT2D eigenvalue weighted by atomic mass is 16.6. The van der Waals surface area contributed by atoms with Crippen molar-refractivity contribution in [3.8, 4) is 23.0 Å². The van der Waals surface area contributed by atoms with Crippen molar-refractivity contribution in [2.45, 2.75) is 0 Å². The van der Waals surface area contributed by atoms with E-state index in [4.69, 9.17) is 18.9 Å². The Kier molecular flexibility index (Phi) is 12.7. The largest absolute Gasteiger partial charge is 0.492 e. The van der Waals surface area contributed by atoms with E-state index in [2.05, 4.69) is 27.0 Å². The van der Waals surface area contributed by atoms with Crippen LogP contribution >= 0.6 is 0 Å². The molecule has 4 amide bonds. The van der Waals surface area contributed by atoms with Crippen molar-refractivity contribution in [2.75, 3.05) is 52.6 Å². The number of carbonyl (C=O) groups excluding carboxylic acids is 4. The van der Waals surface area contributed by atoms with Crippen LogP contribution in [0.1, 0.15) is 47.0 Å². The van der Waals surface area contributed by atoms with E-state index in [9.17, 15) is 29.3 Å². The number of ether oxygens (including phenoxy) is 4. The fraction of sp³-hybridized carbons (Fsp3) is 0.195. The van der Waals surface area contributed by atoms with E-state index >= 15 is 0 Å². The number of nitrogens with zero attached hydrogens (tertiary/aromatic N) is 1. The van der Waals surface area contributed by atoms with Gasteiger partial charge in [-0.05, 0) is 90.5 Å². The lowest BCUT2D eigenvalue weighted by molar-refractivity contribution is -0.384. The SMILES string of the molecule is O=C1NCCOc2ccc(cc2)OCCNC(=O)c2cc(cc([N+](=O)[O-])c2)C(=O)NCCOc2ccc(cc2)OCCNC(=O)c2cc1cc(C1=C=CC=C1)c2. The molecule has 4 aromatic rings. The zero-order chi connectivity index (χ0) is 39.3. The lowest BCUT2D eigenvalue weighted by Crippen LogP contribution is -2.30. The summed E-state index contributed by atoms with van der Waals surface area (Å²) in [5.74, 6) is 0.0732. The van der Waals surface area contributed by atoms with Crippen molar-refractivity contribution in [3.05, 3.63) is 147 Å². The minimum absolute atomic E-state index is 0.0602. The van der Waals surface area contributed by atoms with Gasteiger partial charge in [0.2, 0.25) is 0 Å². The van der Waals surface area contributed by atoms with Gasteiger partial charge in [-0.1, -0.05) is 6.08 Å². The molecular formula is C41H37N5O10. The number of amides is 4. The molecule has 0 radical (unpaired) electrons. The lowest BCUT2D eigenvalue weighted by Gasteiger charge is -2.13. The third-order valence-corrected chi connectivity index (χ3v) is 8.29. The standard InChI is InChI=1S/C41H37N5O10/c47-38-29-21-28(27-3-1-2-4-27)22-30(23-29)39(48)43-14-18-54-35-7-11-37(12-8-35)56-20-16-45-41(50)32-24-31(25-33(26-32)46(51)52)40(49)44-15-19-55-36-9-5-34(6-10-36)53-17-13-42-38/h1-3,5-12,21-26H,13-20H2,(H,42,47)(H,43,48)(H,44,49)(H,45,50). The van der Waals surface area contributed by atoms with Crippen molar-refractivity contribution in [1.29, 1.82) is 0 Å². The average molecular weight is 760 g/mol. The summed E-state index contributed by atoms with van der Waals surface area (Å²) in [6.45, 7) is 1.03. The maximum absolute atomic E-state index is 13.2. The van der Waals surface area contributed by atoms with Crippen LogP contribution in [-0.2, 0) is 0 Å². The molecule has 56 heavy (non-hydrogen) atoms. The van der Waals surface area contributed by atoms with Crippen molar-refractivity contribution < 1.29 is 43.0 Å². The molecule has 15 heteroatoms. The number of allylic oxidation sites excluding steroid dienone is 3. The van der Waals surface area contributed by atoms with Crippen LogP contribution in [0.2, 0.25) is 0 Å². The summed E-state index contributed by atoms with van der Waals surface area (Å²) in [5.41, 5.74) is 4.58. The van der Waals surface area contributed by atoms with Crippen LogP contribution in [0, 0.1) is 10.1 Å². The highest BCUT2D eigenvalue weighted by Crippen LogP contribution is 2.23.